The van der Waals surface area contributed by atoms with Crippen LogP contribution in [0.2, 0.25) is 0 Å². The van der Waals surface area contributed by atoms with Gasteiger partial charge in [0.1, 0.15) is 5.60 Å². The predicted octanol–water partition coefficient (Wildman–Crippen LogP) is 3.22. The van der Waals surface area contributed by atoms with E-state index < -0.39 is 11.7 Å². The van der Waals surface area contributed by atoms with Crippen molar-refractivity contribution < 1.29 is 14.6 Å². The van der Waals surface area contributed by atoms with Crippen LogP contribution >= 0.6 is 0 Å². The van der Waals surface area contributed by atoms with Gasteiger partial charge >= 0.3 is 5.97 Å². The second kappa shape index (κ2) is 6.37. The van der Waals surface area contributed by atoms with Gasteiger partial charge in [-0.15, -0.1) is 0 Å². The standard InChI is InChI=1S/C15H26O3/c1-11(16)13(14(17)18-15(2,3)4)10-12-8-6-5-7-9-12/h10-12,16H,5-9H2,1-4H3/b13-10-. The molecule has 0 spiro atoms. The molecular weight excluding hydrogens is 228 g/mol. The molecule has 0 aliphatic heterocycles. The molecule has 0 aromatic rings. The molecule has 3 nitrogen and oxygen atoms in total. The molecule has 1 fully saturated rings. The largest absolute Gasteiger partial charge is 0.457 e. The molecule has 104 valence electrons. The van der Waals surface area contributed by atoms with Crippen LogP contribution in [-0.2, 0) is 9.53 Å². The maximum Gasteiger partial charge on any atom is 0.336 e. The van der Waals surface area contributed by atoms with Gasteiger partial charge in [0.05, 0.1) is 11.7 Å². The Morgan fingerprint density at radius 1 is 1.28 bits per heavy atom. The van der Waals surface area contributed by atoms with Crippen molar-refractivity contribution in [3.05, 3.63) is 11.6 Å². The zero-order valence-electron chi connectivity index (χ0n) is 12.0. The number of hydrogen-bond acceptors (Lipinski definition) is 3. The van der Waals surface area contributed by atoms with Crippen molar-refractivity contribution in [2.24, 2.45) is 5.92 Å². The number of aliphatic hydroxyl groups excluding tert-OH is 1. The van der Waals surface area contributed by atoms with Gasteiger partial charge in [-0.25, -0.2) is 4.79 Å². The van der Waals surface area contributed by atoms with Crippen molar-refractivity contribution in [1.82, 2.24) is 0 Å². The average Bonchev–Trinajstić information content (AvgIpc) is 2.24. The third kappa shape index (κ3) is 5.21. The molecule has 0 saturated heterocycles. The van der Waals surface area contributed by atoms with Crippen LogP contribution in [0.4, 0.5) is 0 Å². The second-order valence-electron chi connectivity index (χ2n) is 6.20. The molecule has 1 atom stereocenters. The average molecular weight is 254 g/mol. The van der Waals surface area contributed by atoms with Crippen LogP contribution in [0.1, 0.15) is 59.8 Å². The van der Waals surface area contributed by atoms with Crippen LogP contribution < -0.4 is 0 Å². The first-order valence-electron chi connectivity index (χ1n) is 6.93. The Kier molecular flexibility index (Phi) is 5.39. The van der Waals surface area contributed by atoms with E-state index in [4.69, 9.17) is 4.74 Å². The van der Waals surface area contributed by atoms with Crippen LogP contribution in [0.3, 0.4) is 0 Å². The lowest BCUT2D eigenvalue weighted by molar-refractivity contribution is -0.151. The molecule has 1 unspecified atom stereocenters. The normalized spacial score (nSPS) is 20.6. The van der Waals surface area contributed by atoms with Crippen molar-refractivity contribution in [3.63, 3.8) is 0 Å². The van der Waals surface area contributed by atoms with Gasteiger partial charge in [0.25, 0.3) is 0 Å². The molecule has 0 heterocycles. The first kappa shape index (κ1) is 15.2. The quantitative estimate of drug-likeness (QED) is 0.621. The number of ether oxygens (including phenoxy) is 1. The highest BCUT2D eigenvalue weighted by molar-refractivity contribution is 5.89. The lowest BCUT2D eigenvalue weighted by atomic mass is 9.87. The monoisotopic (exact) mass is 254 g/mol. The molecule has 0 aromatic carbocycles. The van der Waals surface area contributed by atoms with Gasteiger partial charge in [0.15, 0.2) is 0 Å². The number of allylic oxidation sites excluding steroid dienone is 1. The SMILES string of the molecule is CC(O)/C(=C/C1CCCCC1)C(=O)OC(C)(C)C. The maximum atomic E-state index is 12.0. The summed E-state index contributed by atoms with van der Waals surface area (Å²) < 4.78 is 5.34. The first-order chi connectivity index (χ1) is 8.29. The molecule has 3 heteroatoms. The van der Waals surface area contributed by atoms with Crippen molar-refractivity contribution in [1.29, 1.82) is 0 Å². The van der Waals surface area contributed by atoms with E-state index in [1.54, 1.807) is 6.92 Å². The number of carbonyl (C=O) groups excluding carboxylic acids is 1. The minimum Gasteiger partial charge on any atom is -0.457 e. The number of rotatable bonds is 3. The Balaban J connectivity index is 2.74. The first-order valence-corrected chi connectivity index (χ1v) is 6.93. The summed E-state index contributed by atoms with van der Waals surface area (Å²) in [5, 5.41) is 9.74. The highest BCUT2D eigenvalue weighted by atomic mass is 16.6. The molecule has 1 aliphatic carbocycles. The molecule has 0 amide bonds. The Morgan fingerprint density at radius 2 is 1.83 bits per heavy atom. The third-order valence-electron chi connectivity index (χ3n) is 3.15. The summed E-state index contributed by atoms with van der Waals surface area (Å²) in [6, 6.07) is 0. The van der Waals surface area contributed by atoms with Gasteiger partial charge in [0, 0.05) is 0 Å². The van der Waals surface area contributed by atoms with E-state index in [0.29, 0.717) is 11.5 Å². The lowest BCUT2D eigenvalue weighted by Gasteiger charge is -2.24. The molecule has 1 N–H and O–H groups in total. The van der Waals surface area contributed by atoms with Gasteiger partial charge in [-0.1, -0.05) is 25.3 Å². The fourth-order valence-corrected chi connectivity index (χ4v) is 2.27. The topological polar surface area (TPSA) is 46.5 Å². The summed E-state index contributed by atoms with van der Waals surface area (Å²) in [4.78, 5) is 12.0. The van der Waals surface area contributed by atoms with E-state index in [1.807, 2.05) is 26.8 Å². The molecule has 18 heavy (non-hydrogen) atoms. The molecule has 1 aliphatic rings. The highest BCUT2D eigenvalue weighted by Crippen LogP contribution is 2.27. The molecule has 1 rings (SSSR count). The smallest absolute Gasteiger partial charge is 0.336 e. The zero-order valence-corrected chi connectivity index (χ0v) is 12.0. The maximum absolute atomic E-state index is 12.0. The minimum absolute atomic E-state index is 0.386. The van der Waals surface area contributed by atoms with Gasteiger partial charge in [-0.2, -0.15) is 0 Å². The second-order valence-corrected chi connectivity index (χ2v) is 6.20. The van der Waals surface area contributed by atoms with E-state index in [2.05, 4.69) is 0 Å². The van der Waals surface area contributed by atoms with Crippen molar-refractivity contribution in [3.8, 4) is 0 Å². The van der Waals surface area contributed by atoms with E-state index in [-0.39, 0.29) is 5.97 Å². The highest BCUT2D eigenvalue weighted by Gasteiger charge is 2.24. The Bertz CT molecular complexity index is 304. The van der Waals surface area contributed by atoms with E-state index in [1.165, 1.54) is 19.3 Å². The molecular formula is C15H26O3. The van der Waals surface area contributed by atoms with Crippen LogP contribution in [0.25, 0.3) is 0 Å². The van der Waals surface area contributed by atoms with Gasteiger partial charge in [-0.3, -0.25) is 0 Å². The van der Waals surface area contributed by atoms with E-state index in [9.17, 15) is 9.90 Å². The van der Waals surface area contributed by atoms with E-state index >= 15 is 0 Å². The van der Waals surface area contributed by atoms with Gasteiger partial charge < -0.3 is 9.84 Å². The van der Waals surface area contributed by atoms with E-state index in [0.717, 1.165) is 12.8 Å². The number of esters is 1. The number of carbonyl (C=O) groups is 1. The van der Waals surface area contributed by atoms with Crippen molar-refractivity contribution in [2.45, 2.75) is 71.5 Å². The molecule has 1 saturated carbocycles. The summed E-state index contributed by atoms with van der Waals surface area (Å²) in [5.74, 6) is 0.0268. The Morgan fingerprint density at radius 3 is 2.28 bits per heavy atom. The van der Waals surface area contributed by atoms with Gasteiger partial charge in [0.2, 0.25) is 0 Å². The van der Waals surface area contributed by atoms with Crippen molar-refractivity contribution in [2.75, 3.05) is 0 Å². The van der Waals surface area contributed by atoms with Crippen LogP contribution in [0, 0.1) is 5.92 Å². The third-order valence-corrected chi connectivity index (χ3v) is 3.15. The van der Waals surface area contributed by atoms with Crippen molar-refractivity contribution >= 4 is 5.97 Å². The van der Waals surface area contributed by atoms with Crippen LogP contribution in [0.15, 0.2) is 11.6 Å². The Hall–Kier alpha value is -0.830. The summed E-state index contributed by atoms with van der Waals surface area (Å²) in [5.41, 5.74) is -0.103. The van der Waals surface area contributed by atoms with Crippen LogP contribution in [0.5, 0.6) is 0 Å². The lowest BCUT2D eigenvalue weighted by Crippen LogP contribution is -2.28. The molecule has 0 aromatic heterocycles. The van der Waals surface area contributed by atoms with Gasteiger partial charge in [-0.05, 0) is 46.5 Å². The minimum atomic E-state index is -0.762. The molecule has 0 radical (unpaired) electrons. The zero-order chi connectivity index (χ0) is 13.8. The summed E-state index contributed by atoms with van der Waals surface area (Å²) in [6.07, 6.45) is 7.09. The summed E-state index contributed by atoms with van der Waals surface area (Å²) in [7, 11) is 0. The number of hydrogen-bond donors (Lipinski definition) is 1. The summed E-state index contributed by atoms with van der Waals surface area (Å²) >= 11 is 0. The molecule has 0 bridgehead atoms. The fourth-order valence-electron chi connectivity index (χ4n) is 2.27. The fraction of sp³-hybridized carbons (Fsp3) is 0.800. The summed E-state index contributed by atoms with van der Waals surface area (Å²) in [6.45, 7) is 7.14. The number of aliphatic hydroxyl groups is 1. The predicted molar refractivity (Wildman–Crippen MR) is 72.2 cm³/mol. The Labute approximate surface area is 110 Å². The van der Waals surface area contributed by atoms with Crippen LogP contribution in [-0.4, -0.2) is 22.8 Å².